The number of hydrogen-bond acceptors (Lipinski definition) is 3. The van der Waals surface area contributed by atoms with Gasteiger partial charge in [-0.2, -0.15) is 0 Å². The van der Waals surface area contributed by atoms with E-state index in [1.54, 1.807) is 11.3 Å². The first-order valence-corrected chi connectivity index (χ1v) is 7.80. The molecule has 0 unspecified atom stereocenters. The molecule has 1 aliphatic carbocycles. The van der Waals surface area contributed by atoms with E-state index < -0.39 is 11.4 Å². The fourth-order valence-electron chi connectivity index (χ4n) is 2.78. The molecule has 0 aliphatic heterocycles. The van der Waals surface area contributed by atoms with Crippen molar-refractivity contribution in [1.82, 2.24) is 4.98 Å². The van der Waals surface area contributed by atoms with E-state index in [1.165, 1.54) is 0 Å². The lowest BCUT2D eigenvalue weighted by Crippen LogP contribution is -2.42. The lowest BCUT2D eigenvalue weighted by molar-refractivity contribution is -0.147. The van der Waals surface area contributed by atoms with Crippen LogP contribution < -0.4 is 0 Å². The molecule has 1 aromatic carbocycles. The smallest absolute Gasteiger partial charge is 0.314 e. The second-order valence-corrected chi connectivity index (χ2v) is 7.69. The van der Waals surface area contributed by atoms with Gasteiger partial charge in [-0.1, -0.05) is 39.3 Å². The lowest BCUT2D eigenvalue weighted by atomic mass is 9.64. The molecule has 2 aromatic rings. The van der Waals surface area contributed by atoms with Gasteiger partial charge in [0.2, 0.25) is 0 Å². The number of rotatable bonds is 2. The number of aromatic nitrogens is 1. The Hall–Kier alpha value is -1.42. The van der Waals surface area contributed by atoms with E-state index in [0.717, 1.165) is 40.1 Å². The molecule has 20 heavy (non-hydrogen) atoms. The van der Waals surface area contributed by atoms with Crippen molar-refractivity contribution in [3.05, 3.63) is 28.8 Å². The Kier molecular flexibility index (Phi) is 2.91. The van der Waals surface area contributed by atoms with Crippen LogP contribution in [0.15, 0.2) is 18.2 Å². The summed E-state index contributed by atoms with van der Waals surface area (Å²) in [5, 5.41) is 10.7. The number of nitrogens with zero attached hydrogens (tertiary/aromatic N) is 1. The highest BCUT2D eigenvalue weighted by Crippen LogP contribution is 2.47. The van der Waals surface area contributed by atoms with Crippen LogP contribution in [0.1, 0.15) is 50.6 Å². The summed E-state index contributed by atoms with van der Waals surface area (Å²) in [6.07, 6.45) is 2.44. The van der Waals surface area contributed by atoms with Crippen molar-refractivity contribution in [3.63, 3.8) is 0 Å². The third-order valence-corrected chi connectivity index (χ3v) is 5.64. The first kappa shape index (κ1) is 13.6. The molecule has 0 bridgehead atoms. The Bertz CT molecular complexity index is 677. The van der Waals surface area contributed by atoms with Crippen molar-refractivity contribution in [2.75, 3.05) is 0 Å². The molecule has 0 radical (unpaired) electrons. The van der Waals surface area contributed by atoms with Gasteiger partial charge in [0.25, 0.3) is 0 Å². The number of fused-ring (bicyclic) bond motifs is 1. The molecule has 4 heteroatoms. The van der Waals surface area contributed by atoms with Crippen molar-refractivity contribution in [1.29, 1.82) is 0 Å². The number of carboxylic acid groups (broad SMARTS) is 1. The number of thiazole rings is 1. The van der Waals surface area contributed by atoms with Crippen LogP contribution in [0.3, 0.4) is 0 Å². The molecular formula is C16H19NO2S. The Labute approximate surface area is 122 Å². The molecular weight excluding hydrogens is 270 g/mol. The number of aliphatic carboxylic acids is 1. The molecule has 0 atom stereocenters. The molecule has 1 fully saturated rings. The van der Waals surface area contributed by atoms with Crippen molar-refractivity contribution in [3.8, 4) is 0 Å². The summed E-state index contributed by atoms with van der Waals surface area (Å²) in [5.41, 5.74) is 1.09. The minimum atomic E-state index is -0.707. The van der Waals surface area contributed by atoms with E-state index >= 15 is 0 Å². The number of carbonyl (C=O) groups is 1. The third kappa shape index (κ3) is 1.85. The molecule has 0 saturated heterocycles. The highest BCUT2D eigenvalue weighted by atomic mass is 32.1. The molecule has 1 aromatic heterocycles. The second kappa shape index (κ2) is 4.29. The third-order valence-electron chi connectivity index (χ3n) is 4.19. The normalized spacial score (nSPS) is 17.9. The molecule has 106 valence electrons. The molecule has 1 heterocycles. The quantitative estimate of drug-likeness (QED) is 0.905. The molecule has 3 rings (SSSR count). The number of benzene rings is 1. The van der Waals surface area contributed by atoms with Crippen LogP contribution in [0.5, 0.6) is 0 Å². The summed E-state index contributed by atoms with van der Waals surface area (Å²) < 4.78 is 1.10. The summed E-state index contributed by atoms with van der Waals surface area (Å²) in [6.45, 7) is 6.42. The average molecular weight is 289 g/mol. The zero-order valence-electron chi connectivity index (χ0n) is 12.1. The van der Waals surface area contributed by atoms with Gasteiger partial charge in [0, 0.05) is 5.41 Å². The van der Waals surface area contributed by atoms with Crippen LogP contribution >= 0.6 is 11.3 Å². The Balaban J connectivity index is 2.22. The van der Waals surface area contributed by atoms with E-state index in [4.69, 9.17) is 4.98 Å². The van der Waals surface area contributed by atoms with E-state index in [0.29, 0.717) is 0 Å². The molecule has 0 spiro atoms. The summed E-state index contributed by atoms with van der Waals surface area (Å²) in [4.78, 5) is 16.5. The van der Waals surface area contributed by atoms with Gasteiger partial charge in [0.15, 0.2) is 0 Å². The average Bonchev–Trinajstić information content (AvgIpc) is 2.71. The van der Waals surface area contributed by atoms with Crippen molar-refractivity contribution in [2.45, 2.75) is 50.9 Å². The maximum Gasteiger partial charge on any atom is 0.314 e. The first-order chi connectivity index (χ1) is 9.34. The maximum atomic E-state index is 11.7. The number of para-hydroxylation sites is 1. The molecule has 3 nitrogen and oxygen atoms in total. The van der Waals surface area contributed by atoms with Crippen LogP contribution in [0.25, 0.3) is 10.2 Å². The SMILES string of the molecule is CC(C)(C)c1nc2c(C3(C(=O)O)CCC3)cccc2s1. The van der Waals surface area contributed by atoms with E-state index in [9.17, 15) is 9.90 Å². The van der Waals surface area contributed by atoms with E-state index in [2.05, 4.69) is 20.8 Å². The summed E-state index contributed by atoms with van der Waals surface area (Å²) in [7, 11) is 0. The minimum Gasteiger partial charge on any atom is -0.481 e. The number of hydrogen-bond donors (Lipinski definition) is 1. The predicted octanol–water partition coefficient (Wildman–Crippen LogP) is 4.10. The largest absolute Gasteiger partial charge is 0.481 e. The van der Waals surface area contributed by atoms with Crippen LogP contribution in [-0.2, 0) is 15.6 Å². The topological polar surface area (TPSA) is 50.2 Å². The van der Waals surface area contributed by atoms with Crippen LogP contribution in [0.4, 0.5) is 0 Å². The fourth-order valence-corrected chi connectivity index (χ4v) is 3.83. The first-order valence-electron chi connectivity index (χ1n) is 6.98. The van der Waals surface area contributed by atoms with Crippen LogP contribution in [0, 0.1) is 0 Å². The number of carboxylic acids is 1. The Morgan fingerprint density at radius 1 is 1.35 bits per heavy atom. The van der Waals surface area contributed by atoms with Gasteiger partial charge >= 0.3 is 5.97 Å². The molecule has 1 saturated carbocycles. The highest BCUT2D eigenvalue weighted by Gasteiger charge is 2.47. The van der Waals surface area contributed by atoms with Gasteiger partial charge in [-0.25, -0.2) is 4.98 Å². The summed E-state index contributed by atoms with van der Waals surface area (Å²) in [5.74, 6) is -0.707. The zero-order chi connectivity index (χ0) is 14.5. The summed E-state index contributed by atoms with van der Waals surface area (Å²) in [6, 6.07) is 5.95. The Morgan fingerprint density at radius 3 is 2.55 bits per heavy atom. The van der Waals surface area contributed by atoms with Gasteiger partial charge in [-0.05, 0) is 24.5 Å². The fraction of sp³-hybridized carbons (Fsp3) is 0.500. The van der Waals surface area contributed by atoms with Gasteiger partial charge < -0.3 is 5.11 Å². The van der Waals surface area contributed by atoms with E-state index in [1.807, 2.05) is 18.2 Å². The minimum absolute atomic E-state index is 0.00302. The second-order valence-electron chi connectivity index (χ2n) is 6.66. The molecule has 1 N–H and O–H groups in total. The van der Waals surface area contributed by atoms with Gasteiger partial charge in [-0.3, -0.25) is 4.79 Å². The molecule has 1 aliphatic rings. The lowest BCUT2D eigenvalue weighted by Gasteiger charge is -2.38. The van der Waals surface area contributed by atoms with Crippen molar-refractivity contribution < 1.29 is 9.90 Å². The maximum absolute atomic E-state index is 11.7. The van der Waals surface area contributed by atoms with Crippen LogP contribution in [0.2, 0.25) is 0 Å². The zero-order valence-corrected chi connectivity index (χ0v) is 12.9. The van der Waals surface area contributed by atoms with Gasteiger partial charge in [0.05, 0.1) is 20.6 Å². The monoisotopic (exact) mass is 289 g/mol. The Morgan fingerprint density at radius 2 is 2.05 bits per heavy atom. The van der Waals surface area contributed by atoms with E-state index in [-0.39, 0.29) is 5.41 Å². The van der Waals surface area contributed by atoms with Gasteiger partial charge in [0.1, 0.15) is 0 Å². The highest BCUT2D eigenvalue weighted by molar-refractivity contribution is 7.18. The predicted molar refractivity (Wildman–Crippen MR) is 81.5 cm³/mol. The molecule has 0 amide bonds. The van der Waals surface area contributed by atoms with Crippen molar-refractivity contribution in [2.24, 2.45) is 0 Å². The van der Waals surface area contributed by atoms with Crippen LogP contribution in [-0.4, -0.2) is 16.1 Å². The summed E-state index contributed by atoms with van der Waals surface area (Å²) >= 11 is 1.68. The standard InChI is InChI=1S/C16H19NO2S/c1-15(2,3)13-17-12-10(6-4-7-11(12)20-13)16(14(18)19)8-5-9-16/h4,6-7H,5,8-9H2,1-3H3,(H,18,19). The van der Waals surface area contributed by atoms with Crippen molar-refractivity contribution >= 4 is 27.5 Å². The van der Waals surface area contributed by atoms with Gasteiger partial charge in [-0.15, -0.1) is 11.3 Å².